The Labute approximate surface area is 245 Å². The molecule has 1 unspecified atom stereocenters. The normalized spacial score (nSPS) is 23.3. The van der Waals surface area contributed by atoms with Crippen LogP contribution >= 0.6 is 0 Å². The van der Waals surface area contributed by atoms with Crippen molar-refractivity contribution >= 4 is 17.7 Å². The second-order valence-electron chi connectivity index (χ2n) is 9.64. The maximum Gasteiger partial charge on any atom is 0.279 e. The van der Waals surface area contributed by atoms with Crippen LogP contribution in [0.1, 0.15) is 37.8 Å². The lowest BCUT2D eigenvalue weighted by Gasteiger charge is -2.37. The van der Waals surface area contributed by atoms with Crippen LogP contribution in [-0.2, 0) is 32.2 Å². The van der Waals surface area contributed by atoms with Crippen molar-refractivity contribution in [3.8, 4) is 17.2 Å². The summed E-state index contributed by atoms with van der Waals surface area (Å²) >= 11 is 0. The summed E-state index contributed by atoms with van der Waals surface area (Å²) in [5.74, 6) is -10.1. The molecule has 3 aliphatic heterocycles. The molecule has 1 aromatic rings. The summed E-state index contributed by atoms with van der Waals surface area (Å²) in [6.07, 6.45) is -0.840. The molecular weight excluding hydrogens is 575 g/mol. The minimum atomic E-state index is -2.56. The number of ether oxygens (including phenoxy) is 1. The number of rotatable bonds is 7. The van der Waals surface area contributed by atoms with Gasteiger partial charge in [-0.15, -0.1) is 0 Å². The van der Waals surface area contributed by atoms with E-state index in [2.05, 4.69) is 11.9 Å². The predicted octanol–water partition coefficient (Wildman–Crippen LogP) is 0.511. The van der Waals surface area contributed by atoms with Crippen molar-refractivity contribution in [1.29, 1.82) is 0 Å². The molecule has 1 atom stereocenters. The van der Waals surface area contributed by atoms with Gasteiger partial charge in [-0.25, -0.2) is 4.39 Å². The maximum atomic E-state index is 15.1. The number of phenols is 3. The van der Waals surface area contributed by atoms with Crippen LogP contribution in [-0.4, -0.2) is 102 Å². The topological polar surface area (TPSA) is 233 Å². The molecule has 4 rings (SSSR count). The smallest absolute Gasteiger partial charge is 0.279 e. The number of halogens is 1. The zero-order valence-corrected chi connectivity index (χ0v) is 23.6. The molecule has 15 nitrogen and oxygen atoms in total. The van der Waals surface area contributed by atoms with E-state index in [1.165, 1.54) is 0 Å². The molecule has 43 heavy (non-hydrogen) atoms. The number of nitrogens with zero attached hydrogens (tertiary/aromatic N) is 2. The number of piperidine rings is 1. The van der Waals surface area contributed by atoms with E-state index in [4.69, 9.17) is 4.74 Å². The molecule has 16 heteroatoms. The molecule has 3 saturated heterocycles. The van der Waals surface area contributed by atoms with Gasteiger partial charge in [0.15, 0.2) is 40.5 Å². The summed E-state index contributed by atoms with van der Waals surface area (Å²) in [7, 11) is 0. The van der Waals surface area contributed by atoms with Crippen LogP contribution in [0.15, 0.2) is 35.1 Å². The van der Waals surface area contributed by atoms with Crippen LogP contribution in [0.4, 0.5) is 4.39 Å². The molecule has 3 fully saturated rings. The number of hydrogen-bond donors (Lipinski definition) is 9. The van der Waals surface area contributed by atoms with Crippen molar-refractivity contribution in [2.24, 2.45) is 0 Å². The lowest BCUT2D eigenvalue weighted by molar-refractivity contribution is -0.177. The van der Waals surface area contributed by atoms with Gasteiger partial charge in [-0.3, -0.25) is 29.5 Å². The Morgan fingerprint density at radius 1 is 1.05 bits per heavy atom. The second kappa shape index (κ2) is 13.2. The monoisotopic (exact) mass is 610 g/mol. The molecule has 3 amide bonds. The lowest BCUT2D eigenvalue weighted by Crippen LogP contribution is -2.63. The Hall–Kier alpha value is -4.54. The highest BCUT2D eigenvalue weighted by molar-refractivity contribution is 6.08. The third kappa shape index (κ3) is 6.30. The molecule has 3 heterocycles. The quantitative estimate of drug-likeness (QED) is 0.0674. The van der Waals surface area contributed by atoms with E-state index in [-0.39, 0.29) is 18.5 Å². The second-order valence-corrected chi connectivity index (χ2v) is 9.64. The number of carbonyl (C=O) groups excluding carboxylic acids is 3. The summed E-state index contributed by atoms with van der Waals surface area (Å²) in [5, 5.41) is 77.3. The fraction of sp³-hybridized carbons (Fsp3) is 0.444. The molecule has 1 aromatic carbocycles. The first-order valence-corrected chi connectivity index (χ1v) is 13.4. The number of phenolic OH excluding ortho intramolecular Hbond substituents is 3. The van der Waals surface area contributed by atoms with E-state index in [1.807, 2.05) is 19.2 Å². The van der Waals surface area contributed by atoms with Crippen LogP contribution in [0.3, 0.4) is 0 Å². The van der Waals surface area contributed by atoms with E-state index in [0.717, 1.165) is 0 Å². The number of nitrogens with one attached hydrogen (secondary N) is 2. The van der Waals surface area contributed by atoms with Gasteiger partial charge in [0.05, 0.1) is 36.5 Å². The summed E-state index contributed by atoms with van der Waals surface area (Å²) < 4.78 is 20.3. The molecule has 236 valence electrons. The number of aliphatic hydroxyl groups excluding tert-OH is 3. The molecule has 0 spiro atoms. The van der Waals surface area contributed by atoms with Crippen LogP contribution in [0.25, 0.3) is 0 Å². The minimum Gasteiger partial charge on any atom is -0.505 e. The van der Waals surface area contributed by atoms with Crippen LogP contribution in [0.2, 0.25) is 0 Å². The van der Waals surface area contributed by atoms with Gasteiger partial charge in [0.2, 0.25) is 11.6 Å². The highest BCUT2D eigenvalue weighted by atomic mass is 19.1. The van der Waals surface area contributed by atoms with Crippen molar-refractivity contribution in [2.45, 2.75) is 45.5 Å². The van der Waals surface area contributed by atoms with E-state index < -0.39 is 100 Å². The molecule has 9 N–H and O–H groups in total. The molecule has 0 aliphatic carbocycles. The average molecular weight is 611 g/mol. The number of hydrogen-bond acceptors (Lipinski definition) is 13. The standard InChI is InChI=1S/C25H29FN4O11.C2H6/c1-11(31)18(33)16-13(10-30(23(16)38)25(40)3-2-15(32)28-24(25)39)22(37)27-8-12-17(26)19(34)14(21(36)20(12)35)9-29-4-6-41-7-5-29;1-2/h27,31,33-37,40H,1-10H2,(H,28,32,39);1-2H3/b18-16-,22-13-;. The van der Waals surface area contributed by atoms with Gasteiger partial charge >= 0.3 is 0 Å². The Bertz CT molecular complexity index is 1360. The van der Waals surface area contributed by atoms with Crippen LogP contribution in [0.5, 0.6) is 17.2 Å². The Morgan fingerprint density at radius 2 is 1.65 bits per heavy atom. The fourth-order valence-electron chi connectivity index (χ4n) is 4.75. The van der Waals surface area contributed by atoms with Crippen molar-refractivity contribution in [3.05, 3.63) is 52.1 Å². The van der Waals surface area contributed by atoms with Crippen molar-refractivity contribution in [1.82, 2.24) is 20.4 Å². The van der Waals surface area contributed by atoms with Gasteiger partial charge in [-0.1, -0.05) is 20.4 Å². The number of aliphatic hydroxyl groups is 4. The van der Waals surface area contributed by atoms with Gasteiger partial charge in [-0.2, -0.15) is 0 Å². The molecular formula is C27H35FN4O11. The summed E-state index contributed by atoms with van der Waals surface area (Å²) in [6, 6.07) is 0. The van der Waals surface area contributed by atoms with Gasteiger partial charge in [0.1, 0.15) is 0 Å². The molecule has 0 bridgehead atoms. The number of amides is 3. The Balaban J connectivity index is 0.00000248. The van der Waals surface area contributed by atoms with Gasteiger partial charge < -0.3 is 45.8 Å². The fourth-order valence-corrected chi connectivity index (χ4v) is 4.75. The average Bonchev–Trinajstić information content (AvgIpc) is 3.34. The highest BCUT2D eigenvalue weighted by Crippen LogP contribution is 2.42. The summed E-state index contributed by atoms with van der Waals surface area (Å²) in [6.45, 7) is 7.19. The van der Waals surface area contributed by atoms with E-state index >= 15 is 4.39 Å². The van der Waals surface area contributed by atoms with Crippen molar-refractivity contribution in [2.75, 3.05) is 32.8 Å². The Morgan fingerprint density at radius 3 is 2.23 bits per heavy atom. The summed E-state index contributed by atoms with van der Waals surface area (Å²) in [5.41, 5.74) is -4.73. The van der Waals surface area contributed by atoms with E-state index in [1.54, 1.807) is 4.90 Å². The molecule has 0 aromatic heterocycles. The van der Waals surface area contributed by atoms with Crippen molar-refractivity contribution < 1.29 is 59.3 Å². The maximum absolute atomic E-state index is 15.1. The molecule has 0 radical (unpaired) electrons. The number of aromatic hydroxyl groups is 3. The number of likely N-dealkylation sites (tertiary alicyclic amines) is 1. The Kier molecular flexibility index (Phi) is 10.1. The van der Waals surface area contributed by atoms with Gasteiger partial charge in [0, 0.05) is 44.6 Å². The highest BCUT2D eigenvalue weighted by Gasteiger charge is 2.53. The summed E-state index contributed by atoms with van der Waals surface area (Å²) in [4.78, 5) is 39.4. The van der Waals surface area contributed by atoms with E-state index in [9.17, 15) is 50.1 Å². The van der Waals surface area contributed by atoms with Gasteiger partial charge in [-0.05, 0) is 0 Å². The van der Waals surface area contributed by atoms with Crippen LogP contribution < -0.4 is 10.6 Å². The molecule has 0 saturated carbocycles. The van der Waals surface area contributed by atoms with Crippen LogP contribution in [0, 0.1) is 5.82 Å². The SMILES string of the molecule is C=C(O)/C(O)=C1/C(=O)N(C2(O)CCC(=O)NC2=O)C/C1=C(/O)NCc1c(O)c(O)c(CN2CCOCC2)c(O)c1F.CC. The third-order valence-corrected chi connectivity index (χ3v) is 7.11. The number of morpholine rings is 1. The van der Waals surface area contributed by atoms with Gasteiger partial charge in [0.25, 0.3) is 11.8 Å². The zero-order valence-electron chi connectivity index (χ0n) is 23.6. The first-order valence-electron chi connectivity index (χ1n) is 13.4. The number of imide groups is 1. The number of carbonyl (C=O) groups is 3. The predicted molar refractivity (Wildman–Crippen MR) is 146 cm³/mol. The lowest BCUT2D eigenvalue weighted by atomic mass is 10.00. The zero-order chi connectivity index (χ0) is 32.2. The van der Waals surface area contributed by atoms with E-state index in [0.29, 0.717) is 31.2 Å². The molecule has 3 aliphatic rings. The minimum absolute atomic E-state index is 0.0903. The first kappa shape index (κ1) is 33.0. The first-order chi connectivity index (χ1) is 20.3. The largest absolute Gasteiger partial charge is 0.505 e. The number of benzene rings is 1. The third-order valence-electron chi connectivity index (χ3n) is 7.11. The van der Waals surface area contributed by atoms with Crippen molar-refractivity contribution in [3.63, 3.8) is 0 Å².